The predicted octanol–water partition coefficient (Wildman–Crippen LogP) is 2.73. The number of nitrogens with zero attached hydrogens (tertiary/aromatic N) is 3. The van der Waals surface area contributed by atoms with Gasteiger partial charge in [0.2, 0.25) is 0 Å². The molecule has 3 rings (SSSR count). The van der Waals surface area contributed by atoms with Crippen LogP contribution < -0.4 is 0 Å². The van der Waals surface area contributed by atoms with E-state index in [1.54, 1.807) is 0 Å². The standard InChI is InChI=1S/C13H11N3/c1-10-7-9-16(15-10)13-6-8-14-12-5-3-2-4-11(12)13/h2-9H,1H3. The molecule has 3 heteroatoms. The van der Waals surface area contributed by atoms with Gasteiger partial charge in [-0.1, -0.05) is 18.2 Å². The number of rotatable bonds is 1. The molecule has 0 atom stereocenters. The Bertz CT molecular complexity index is 635. The minimum absolute atomic E-state index is 0.994. The van der Waals surface area contributed by atoms with Crippen molar-refractivity contribution < 1.29 is 0 Å². The van der Waals surface area contributed by atoms with E-state index in [0.717, 1.165) is 22.3 Å². The van der Waals surface area contributed by atoms with Crippen LogP contribution in [0.1, 0.15) is 5.69 Å². The smallest absolute Gasteiger partial charge is 0.0754 e. The first kappa shape index (κ1) is 9.09. The molecule has 3 nitrogen and oxygen atoms in total. The molecule has 0 spiro atoms. The highest BCUT2D eigenvalue weighted by Crippen LogP contribution is 2.19. The molecule has 3 aromatic rings. The van der Waals surface area contributed by atoms with E-state index in [4.69, 9.17) is 0 Å². The molecule has 0 bridgehead atoms. The molecule has 2 heterocycles. The van der Waals surface area contributed by atoms with Gasteiger partial charge in [-0.25, -0.2) is 4.68 Å². The Morgan fingerprint density at radius 1 is 1.06 bits per heavy atom. The summed E-state index contributed by atoms with van der Waals surface area (Å²) in [5.41, 5.74) is 3.08. The third-order valence-electron chi connectivity index (χ3n) is 2.60. The fraction of sp³-hybridized carbons (Fsp3) is 0.0769. The van der Waals surface area contributed by atoms with Crippen LogP contribution in [0.2, 0.25) is 0 Å². The van der Waals surface area contributed by atoms with E-state index in [2.05, 4.69) is 16.1 Å². The summed E-state index contributed by atoms with van der Waals surface area (Å²) in [5, 5.41) is 5.54. The van der Waals surface area contributed by atoms with Crippen LogP contribution in [0.15, 0.2) is 48.8 Å². The monoisotopic (exact) mass is 209 g/mol. The van der Waals surface area contributed by atoms with E-state index < -0.39 is 0 Å². The molecule has 78 valence electrons. The first-order chi connectivity index (χ1) is 7.84. The summed E-state index contributed by atoms with van der Waals surface area (Å²) in [4.78, 5) is 4.33. The number of pyridine rings is 1. The van der Waals surface area contributed by atoms with Crippen LogP contribution in [0.25, 0.3) is 16.6 Å². The van der Waals surface area contributed by atoms with Gasteiger partial charge >= 0.3 is 0 Å². The zero-order valence-corrected chi connectivity index (χ0v) is 8.96. The van der Waals surface area contributed by atoms with Crippen molar-refractivity contribution in [2.45, 2.75) is 6.92 Å². The first-order valence-electron chi connectivity index (χ1n) is 5.21. The highest BCUT2D eigenvalue weighted by Gasteiger charge is 2.03. The molecule has 0 unspecified atom stereocenters. The summed E-state index contributed by atoms with van der Waals surface area (Å²) >= 11 is 0. The van der Waals surface area contributed by atoms with Crippen LogP contribution >= 0.6 is 0 Å². The van der Waals surface area contributed by atoms with Crippen LogP contribution in [-0.4, -0.2) is 14.8 Å². The molecule has 2 aromatic heterocycles. The average molecular weight is 209 g/mol. The van der Waals surface area contributed by atoms with Gasteiger partial charge in [-0.05, 0) is 25.1 Å². The van der Waals surface area contributed by atoms with Crippen molar-refractivity contribution >= 4 is 10.9 Å². The number of para-hydroxylation sites is 1. The second kappa shape index (κ2) is 3.45. The van der Waals surface area contributed by atoms with E-state index in [1.165, 1.54) is 0 Å². The summed E-state index contributed by atoms with van der Waals surface area (Å²) in [6.07, 6.45) is 3.78. The van der Waals surface area contributed by atoms with Gasteiger partial charge in [-0.2, -0.15) is 5.10 Å². The largest absolute Gasteiger partial charge is 0.256 e. The van der Waals surface area contributed by atoms with Crippen LogP contribution in [0, 0.1) is 6.92 Å². The molecule has 0 radical (unpaired) electrons. The second-order valence-electron chi connectivity index (χ2n) is 3.75. The van der Waals surface area contributed by atoms with Crippen LogP contribution in [0.3, 0.4) is 0 Å². The van der Waals surface area contributed by atoms with Crippen molar-refractivity contribution in [2.24, 2.45) is 0 Å². The van der Waals surface area contributed by atoms with Gasteiger partial charge in [0.05, 0.1) is 16.9 Å². The summed E-state index contributed by atoms with van der Waals surface area (Å²) in [6, 6.07) is 12.1. The lowest BCUT2D eigenvalue weighted by molar-refractivity contribution is 0.868. The van der Waals surface area contributed by atoms with Crippen molar-refractivity contribution in [3.8, 4) is 5.69 Å². The van der Waals surface area contributed by atoms with Crippen LogP contribution in [0.4, 0.5) is 0 Å². The highest BCUT2D eigenvalue weighted by molar-refractivity contribution is 5.86. The molecule has 16 heavy (non-hydrogen) atoms. The Labute approximate surface area is 93.4 Å². The Hall–Kier alpha value is -2.16. The number of benzene rings is 1. The molecular formula is C13H11N3. The summed E-state index contributed by atoms with van der Waals surface area (Å²) in [7, 11) is 0. The minimum Gasteiger partial charge on any atom is -0.256 e. The average Bonchev–Trinajstić information content (AvgIpc) is 2.75. The Kier molecular flexibility index (Phi) is 1.96. The van der Waals surface area contributed by atoms with Crippen molar-refractivity contribution in [2.75, 3.05) is 0 Å². The summed E-state index contributed by atoms with van der Waals surface area (Å²) in [5.74, 6) is 0. The lowest BCUT2D eigenvalue weighted by atomic mass is 10.2. The van der Waals surface area contributed by atoms with E-state index in [9.17, 15) is 0 Å². The molecule has 1 aromatic carbocycles. The van der Waals surface area contributed by atoms with Gasteiger partial charge in [0.1, 0.15) is 0 Å². The number of aryl methyl sites for hydroxylation is 1. The third-order valence-corrected chi connectivity index (χ3v) is 2.60. The van der Waals surface area contributed by atoms with Crippen molar-refractivity contribution in [1.29, 1.82) is 0 Å². The lowest BCUT2D eigenvalue weighted by Gasteiger charge is -2.05. The van der Waals surface area contributed by atoms with Crippen molar-refractivity contribution in [3.63, 3.8) is 0 Å². The zero-order valence-electron chi connectivity index (χ0n) is 8.96. The topological polar surface area (TPSA) is 30.7 Å². The van der Waals surface area contributed by atoms with Gasteiger partial charge in [-0.3, -0.25) is 4.98 Å². The van der Waals surface area contributed by atoms with Gasteiger partial charge in [-0.15, -0.1) is 0 Å². The minimum atomic E-state index is 0.994. The molecule has 0 N–H and O–H groups in total. The third kappa shape index (κ3) is 1.37. The normalized spacial score (nSPS) is 10.8. The molecule has 0 aliphatic carbocycles. The van der Waals surface area contributed by atoms with E-state index in [-0.39, 0.29) is 0 Å². The molecule has 0 saturated heterocycles. The molecular weight excluding hydrogens is 198 g/mol. The molecule has 0 aliphatic heterocycles. The second-order valence-corrected chi connectivity index (χ2v) is 3.75. The Morgan fingerprint density at radius 2 is 1.94 bits per heavy atom. The van der Waals surface area contributed by atoms with Crippen LogP contribution in [-0.2, 0) is 0 Å². The summed E-state index contributed by atoms with van der Waals surface area (Å²) < 4.78 is 1.89. The summed E-state index contributed by atoms with van der Waals surface area (Å²) in [6.45, 7) is 1.99. The zero-order chi connectivity index (χ0) is 11.0. The molecule has 0 aliphatic rings. The van der Waals surface area contributed by atoms with Gasteiger partial charge in [0.15, 0.2) is 0 Å². The number of hydrogen-bond donors (Lipinski definition) is 0. The van der Waals surface area contributed by atoms with E-state index >= 15 is 0 Å². The Balaban J connectivity index is 2.31. The molecule has 0 amide bonds. The number of aromatic nitrogens is 3. The van der Waals surface area contributed by atoms with E-state index in [0.29, 0.717) is 0 Å². The quantitative estimate of drug-likeness (QED) is 0.617. The maximum atomic E-state index is 4.42. The van der Waals surface area contributed by atoms with Crippen LogP contribution in [0.5, 0.6) is 0 Å². The maximum Gasteiger partial charge on any atom is 0.0754 e. The number of hydrogen-bond acceptors (Lipinski definition) is 2. The fourth-order valence-corrected chi connectivity index (χ4v) is 1.83. The molecule has 0 saturated carbocycles. The molecule has 0 fully saturated rings. The Morgan fingerprint density at radius 3 is 2.75 bits per heavy atom. The fourth-order valence-electron chi connectivity index (χ4n) is 1.83. The first-order valence-corrected chi connectivity index (χ1v) is 5.21. The van der Waals surface area contributed by atoms with Crippen molar-refractivity contribution in [1.82, 2.24) is 14.8 Å². The van der Waals surface area contributed by atoms with Crippen molar-refractivity contribution in [3.05, 3.63) is 54.5 Å². The van der Waals surface area contributed by atoms with E-state index in [1.807, 2.05) is 54.3 Å². The van der Waals surface area contributed by atoms with Gasteiger partial charge in [0, 0.05) is 17.8 Å². The SMILES string of the molecule is Cc1ccn(-c2ccnc3ccccc23)n1. The maximum absolute atomic E-state index is 4.42. The van der Waals surface area contributed by atoms with Gasteiger partial charge in [0.25, 0.3) is 0 Å². The lowest BCUT2D eigenvalue weighted by Crippen LogP contribution is -1.96. The van der Waals surface area contributed by atoms with Gasteiger partial charge < -0.3 is 0 Å². The highest BCUT2D eigenvalue weighted by atomic mass is 15.3. The number of fused-ring (bicyclic) bond motifs is 1. The predicted molar refractivity (Wildman–Crippen MR) is 63.6 cm³/mol.